The number of hydrogen-bond donors (Lipinski definition) is 1. The number of rotatable bonds is 14. The molecular weight excluding hydrogens is 586 g/mol. The first-order valence-corrected chi connectivity index (χ1v) is 16.6. The molecule has 0 aliphatic carbocycles. The zero-order valence-corrected chi connectivity index (χ0v) is 27.1. The lowest BCUT2D eigenvalue weighted by Gasteiger charge is -2.34. The number of benzene rings is 3. The van der Waals surface area contributed by atoms with Crippen molar-refractivity contribution in [2.24, 2.45) is 0 Å². The number of amides is 2. The van der Waals surface area contributed by atoms with Gasteiger partial charge in [-0.25, -0.2) is 8.42 Å². The minimum atomic E-state index is -3.62. The molecule has 43 heavy (non-hydrogen) atoms. The summed E-state index contributed by atoms with van der Waals surface area (Å²) in [6, 6.07) is 22.8. The lowest BCUT2D eigenvalue weighted by Crippen LogP contribution is -2.54. The zero-order chi connectivity index (χ0) is 31.6. The maximum Gasteiger partial charge on any atom is 0.243 e. The van der Waals surface area contributed by atoms with Gasteiger partial charge in [0.1, 0.15) is 11.8 Å². The highest BCUT2D eigenvalue weighted by Gasteiger charge is 2.32. The number of ether oxygens (including phenoxy) is 1. The van der Waals surface area contributed by atoms with Gasteiger partial charge in [-0.1, -0.05) is 60.1 Å². The molecule has 1 atom stereocenters. The van der Waals surface area contributed by atoms with Gasteiger partial charge < -0.3 is 15.0 Å². The fourth-order valence-electron chi connectivity index (χ4n) is 4.70. The van der Waals surface area contributed by atoms with Crippen molar-refractivity contribution >= 4 is 39.1 Å². The van der Waals surface area contributed by atoms with Crippen LogP contribution in [-0.2, 0) is 32.6 Å². The summed E-state index contributed by atoms with van der Waals surface area (Å²) in [5.74, 6) is 0.0945. The monoisotopic (exact) mass is 627 g/mol. The van der Waals surface area contributed by atoms with Gasteiger partial charge in [0, 0.05) is 36.5 Å². The number of anilines is 1. The SMILES string of the molecule is CCOc1ccc(N(CCCC(=O)N(Cc2ccccc2Cl)[C@H](Cc2ccccc2)C(=O)NC(C)(C)C)S(C)(=O)=O)cc1. The fraction of sp³-hybridized carbons (Fsp3) is 0.394. The van der Waals surface area contributed by atoms with Crippen molar-refractivity contribution < 1.29 is 22.7 Å². The molecule has 0 aliphatic rings. The van der Waals surface area contributed by atoms with Crippen LogP contribution in [0.15, 0.2) is 78.9 Å². The van der Waals surface area contributed by atoms with E-state index < -0.39 is 21.6 Å². The summed E-state index contributed by atoms with van der Waals surface area (Å²) in [6.45, 7) is 8.28. The number of carbonyl (C=O) groups excluding carboxylic acids is 2. The maximum absolute atomic E-state index is 14.0. The van der Waals surface area contributed by atoms with Gasteiger partial charge in [-0.05, 0) is 75.6 Å². The molecule has 2 amide bonds. The molecular formula is C33H42ClN3O5S. The quantitative estimate of drug-likeness (QED) is 0.242. The van der Waals surface area contributed by atoms with Crippen LogP contribution in [0, 0.1) is 0 Å². The molecule has 1 N–H and O–H groups in total. The molecule has 3 aromatic rings. The van der Waals surface area contributed by atoms with Gasteiger partial charge in [0.15, 0.2) is 0 Å². The minimum absolute atomic E-state index is 0.0294. The first kappa shape index (κ1) is 33.9. The Kier molecular flexibility index (Phi) is 12.0. The molecule has 0 aromatic heterocycles. The highest BCUT2D eigenvalue weighted by atomic mass is 35.5. The molecule has 0 unspecified atom stereocenters. The van der Waals surface area contributed by atoms with Crippen molar-refractivity contribution in [3.63, 3.8) is 0 Å². The van der Waals surface area contributed by atoms with Gasteiger partial charge in [0.2, 0.25) is 21.8 Å². The third kappa shape index (κ3) is 10.6. The molecule has 3 aromatic carbocycles. The van der Waals surface area contributed by atoms with Crippen LogP contribution in [0.2, 0.25) is 5.02 Å². The fourth-order valence-corrected chi connectivity index (χ4v) is 5.86. The Bertz CT molecular complexity index is 1460. The van der Waals surface area contributed by atoms with Gasteiger partial charge in [0.05, 0.1) is 18.6 Å². The standard InChI is InChI=1S/C33H42ClN3O5S/c1-6-42-28-20-18-27(19-21-28)37(43(5,40)41)22-12-17-31(38)36(24-26-15-10-11-16-29(26)34)30(32(39)35-33(2,3)4)23-25-13-8-7-9-14-25/h7-11,13-16,18-21,30H,6,12,17,22-24H2,1-5H3,(H,35,39)/t30-/m1/s1. The predicted molar refractivity (Wildman–Crippen MR) is 173 cm³/mol. The molecule has 0 saturated heterocycles. The largest absolute Gasteiger partial charge is 0.494 e. The Morgan fingerprint density at radius 3 is 2.16 bits per heavy atom. The van der Waals surface area contributed by atoms with Gasteiger partial charge >= 0.3 is 0 Å². The van der Waals surface area contributed by atoms with E-state index in [2.05, 4.69) is 5.32 Å². The Hall–Kier alpha value is -3.56. The van der Waals surface area contributed by atoms with E-state index in [1.807, 2.05) is 76.2 Å². The van der Waals surface area contributed by atoms with Crippen molar-refractivity contribution in [1.29, 1.82) is 0 Å². The van der Waals surface area contributed by atoms with Crippen LogP contribution < -0.4 is 14.4 Å². The number of sulfonamides is 1. The Labute approximate surface area is 261 Å². The van der Waals surface area contributed by atoms with Crippen LogP contribution in [0.3, 0.4) is 0 Å². The Morgan fingerprint density at radius 2 is 1.58 bits per heavy atom. The average molecular weight is 628 g/mol. The number of nitrogens with one attached hydrogen (secondary N) is 1. The number of nitrogens with zero attached hydrogens (tertiary/aromatic N) is 2. The third-order valence-corrected chi connectivity index (χ3v) is 8.22. The summed E-state index contributed by atoms with van der Waals surface area (Å²) in [6.07, 6.45) is 1.72. The van der Waals surface area contributed by atoms with Crippen LogP contribution in [0.5, 0.6) is 5.75 Å². The second kappa shape index (κ2) is 15.3. The van der Waals surface area contributed by atoms with E-state index in [4.69, 9.17) is 16.3 Å². The molecule has 0 heterocycles. The second-order valence-electron chi connectivity index (χ2n) is 11.4. The van der Waals surface area contributed by atoms with Crippen molar-refractivity contribution in [1.82, 2.24) is 10.2 Å². The highest BCUT2D eigenvalue weighted by Crippen LogP contribution is 2.24. The molecule has 0 saturated carbocycles. The van der Waals surface area contributed by atoms with E-state index in [1.165, 1.54) is 4.31 Å². The maximum atomic E-state index is 14.0. The molecule has 0 radical (unpaired) electrons. The van der Waals surface area contributed by atoms with Gasteiger partial charge in [-0.15, -0.1) is 0 Å². The summed E-state index contributed by atoms with van der Waals surface area (Å²) in [7, 11) is -3.62. The molecule has 232 valence electrons. The zero-order valence-electron chi connectivity index (χ0n) is 25.5. The van der Waals surface area contributed by atoms with Crippen molar-refractivity contribution in [3.05, 3.63) is 95.0 Å². The molecule has 0 aliphatic heterocycles. The summed E-state index contributed by atoms with van der Waals surface area (Å²) in [5, 5.41) is 3.54. The van der Waals surface area contributed by atoms with Crippen molar-refractivity contribution in [3.8, 4) is 5.75 Å². The summed E-state index contributed by atoms with van der Waals surface area (Å²) in [4.78, 5) is 29.3. The molecule has 0 fully saturated rings. The first-order chi connectivity index (χ1) is 20.3. The topological polar surface area (TPSA) is 96.0 Å². The molecule has 0 spiro atoms. The van der Waals surface area contributed by atoms with E-state index in [1.54, 1.807) is 35.2 Å². The molecule has 8 nitrogen and oxygen atoms in total. The number of carbonyl (C=O) groups is 2. The number of halogens is 1. The normalized spacial score (nSPS) is 12.3. The molecule has 3 rings (SSSR count). The van der Waals surface area contributed by atoms with E-state index >= 15 is 0 Å². The smallest absolute Gasteiger partial charge is 0.243 e. The lowest BCUT2D eigenvalue weighted by molar-refractivity contribution is -0.142. The van der Waals surface area contributed by atoms with Crippen molar-refractivity contribution in [2.75, 3.05) is 23.7 Å². The summed E-state index contributed by atoms with van der Waals surface area (Å²) in [5.41, 5.74) is 1.59. The minimum Gasteiger partial charge on any atom is -0.494 e. The van der Waals surface area contributed by atoms with Crippen LogP contribution >= 0.6 is 11.6 Å². The molecule has 0 bridgehead atoms. The Balaban J connectivity index is 1.89. The predicted octanol–water partition coefficient (Wildman–Crippen LogP) is 5.84. The third-order valence-electron chi connectivity index (χ3n) is 6.66. The summed E-state index contributed by atoms with van der Waals surface area (Å²) < 4.78 is 32.1. The van der Waals surface area contributed by atoms with E-state index in [9.17, 15) is 18.0 Å². The highest BCUT2D eigenvalue weighted by molar-refractivity contribution is 7.92. The van der Waals surface area contributed by atoms with E-state index in [-0.39, 0.29) is 37.7 Å². The van der Waals surface area contributed by atoms with E-state index in [0.717, 1.165) is 11.8 Å². The Morgan fingerprint density at radius 1 is 0.953 bits per heavy atom. The number of hydrogen-bond acceptors (Lipinski definition) is 5. The van der Waals surface area contributed by atoms with E-state index in [0.29, 0.717) is 35.1 Å². The summed E-state index contributed by atoms with van der Waals surface area (Å²) >= 11 is 6.50. The first-order valence-electron chi connectivity index (χ1n) is 14.4. The molecule has 10 heteroatoms. The van der Waals surface area contributed by atoms with Crippen molar-refractivity contribution in [2.45, 2.75) is 65.1 Å². The van der Waals surface area contributed by atoms with Gasteiger partial charge in [0.25, 0.3) is 0 Å². The van der Waals surface area contributed by atoms with Gasteiger partial charge in [-0.3, -0.25) is 13.9 Å². The van der Waals surface area contributed by atoms with Crippen LogP contribution in [0.4, 0.5) is 5.69 Å². The average Bonchev–Trinajstić information content (AvgIpc) is 2.93. The second-order valence-corrected chi connectivity index (χ2v) is 13.7. The van der Waals surface area contributed by atoms with Crippen LogP contribution in [0.25, 0.3) is 0 Å². The lowest BCUT2D eigenvalue weighted by atomic mass is 10.00. The van der Waals surface area contributed by atoms with Crippen LogP contribution in [0.1, 0.15) is 51.7 Å². The van der Waals surface area contributed by atoms with Gasteiger partial charge in [-0.2, -0.15) is 0 Å². The van der Waals surface area contributed by atoms with Crippen LogP contribution in [-0.4, -0.2) is 56.1 Å².